The van der Waals surface area contributed by atoms with Gasteiger partial charge in [0.05, 0.1) is 0 Å². The van der Waals surface area contributed by atoms with Crippen LogP contribution in [0.4, 0.5) is 5.69 Å². The molecule has 3 N–H and O–H groups in total. The van der Waals surface area contributed by atoms with Gasteiger partial charge in [-0.05, 0) is 37.0 Å². The van der Waals surface area contributed by atoms with E-state index in [1.165, 1.54) is 12.8 Å². The van der Waals surface area contributed by atoms with Gasteiger partial charge in [-0.1, -0.05) is 6.07 Å². The van der Waals surface area contributed by atoms with E-state index in [1.807, 2.05) is 43.3 Å². The Morgan fingerprint density at radius 3 is 2.68 bits per heavy atom. The van der Waals surface area contributed by atoms with Crippen LogP contribution in [-0.4, -0.2) is 32.6 Å². The molecule has 0 radical (unpaired) electrons. The maximum atomic E-state index is 12.1. The zero-order chi connectivity index (χ0) is 13.1. The van der Waals surface area contributed by atoms with E-state index in [0.717, 1.165) is 5.69 Å². The first-order valence-electron chi connectivity index (χ1n) is 6.40. The molecule has 5 heteroatoms. The predicted molar refractivity (Wildman–Crippen MR) is 81.0 cm³/mol. The summed E-state index contributed by atoms with van der Waals surface area (Å²) in [4.78, 5) is 14.1. The summed E-state index contributed by atoms with van der Waals surface area (Å²) >= 11 is 0. The Bertz CT molecular complexity index is 432. The van der Waals surface area contributed by atoms with E-state index >= 15 is 0 Å². The lowest BCUT2D eigenvalue weighted by Gasteiger charge is -2.17. The van der Waals surface area contributed by atoms with E-state index in [2.05, 4.69) is 5.32 Å². The van der Waals surface area contributed by atoms with E-state index in [4.69, 9.17) is 5.73 Å². The van der Waals surface area contributed by atoms with E-state index in [9.17, 15) is 4.79 Å². The minimum Gasteiger partial charge on any atom is -0.378 e. The lowest BCUT2D eigenvalue weighted by atomic mass is 10.1. The Balaban J connectivity index is 0.00000180. The maximum Gasteiger partial charge on any atom is 0.251 e. The van der Waals surface area contributed by atoms with Crippen molar-refractivity contribution >= 4 is 24.0 Å². The fraction of sp³-hybridized carbons (Fsp3) is 0.500. The van der Waals surface area contributed by atoms with Crippen LogP contribution >= 0.6 is 12.4 Å². The number of nitrogens with two attached hydrogens (primary N) is 1. The molecule has 1 saturated carbocycles. The second kappa shape index (κ2) is 6.78. The highest BCUT2D eigenvalue weighted by Gasteiger charge is 2.31. The van der Waals surface area contributed by atoms with Crippen LogP contribution < -0.4 is 16.0 Å². The second-order valence-electron chi connectivity index (χ2n) is 5.10. The molecule has 4 nitrogen and oxygen atoms in total. The second-order valence-corrected chi connectivity index (χ2v) is 5.10. The van der Waals surface area contributed by atoms with Crippen molar-refractivity contribution in [2.75, 3.05) is 25.5 Å². The third-order valence-electron chi connectivity index (χ3n) is 3.39. The van der Waals surface area contributed by atoms with Gasteiger partial charge in [0.1, 0.15) is 0 Å². The number of anilines is 1. The Morgan fingerprint density at radius 2 is 2.16 bits per heavy atom. The van der Waals surface area contributed by atoms with Crippen molar-refractivity contribution in [2.45, 2.75) is 18.9 Å². The van der Waals surface area contributed by atoms with E-state index < -0.39 is 0 Å². The van der Waals surface area contributed by atoms with Crippen molar-refractivity contribution in [3.63, 3.8) is 0 Å². The fourth-order valence-electron chi connectivity index (χ4n) is 2.04. The van der Waals surface area contributed by atoms with Gasteiger partial charge in [-0.25, -0.2) is 0 Å². The first kappa shape index (κ1) is 15.8. The number of amides is 1. The molecule has 19 heavy (non-hydrogen) atoms. The Kier molecular flexibility index (Phi) is 5.63. The van der Waals surface area contributed by atoms with Gasteiger partial charge in [-0.2, -0.15) is 0 Å². The summed E-state index contributed by atoms with van der Waals surface area (Å²) in [6.45, 7) is 0.518. The van der Waals surface area contributed by atoms with Crippen LogP contribution in [0.2, 0.25) is 0 Å². The monoisotopic (exact) mass is 283 g/mol. The molecule has 2 rings (SSSR count). The van der Waals surface area contributed by atoms with Crippen molar-refractivity contribution in [2.24, 2.45) is 11.7 Å². The average molecular weight is 284 g/mol. The Hall–Kier alpha value is -1.26. The molecule has 1 aliphatic rings. The SMILES string of the molecule is CN(C)c1cccc(C(=O)NC(CN)C2CC2)c1.Cl. The molecule has 0 bridgehead atoms. The summed E-state index contributed by atoms with van der Waals surface area (Å²) in [5, 5.41) is 3.03. The van der Waals surface area contributed by atoms with Gasteiger partial charge in [0.25, 0.3) is 5.91 Å². The van der Waals surface area contributed by atoms with Crippen LogP contribution in [0.3, 0.4) is 0 Å². The van der Waals surface area contributed by atoms with Gasteiger partial charge in [-0.3, -0.25) is 4.79 Å². The van der Waals surface area contributed by atoms with Gasteiger partial charge in [0.15, 0.2) is 0 Å². The summed E-state index contributed by atoms with van der Waals surface area (Å²) in [5.41, 5.74) is 7.42. The molecule has 1 aliphatic carbocycles. The highest BCUT2D eigenvalue weighted by Crippen LogP contribution is 2.32. The molecule has 0 heterocycles. The van der Waals surface area contributed by atoms with E-state index in [-0.39, 0.29) is 24.4 Å². The highest BCUT2D eigenvalue weighted by molar-refractivity contribution is 5.95. The molecule has 1 amide bonds. The topological polar surface area (TPSA) is 58.4 Å². The molecule has 106 valence electrons. The number of carbonyl (C=O) groups excluding carboxylic acids is 1. The molecule has 1 fully saturated rings. The zero-order valence-corrected chi connectivity index (χ0v) is 12.2. The third kappa shape index (κ3) is 4.11. The molecular weight excluding hydrogens is 262 g/mol. The number of nitrogens with zero attached hydrogens (tertiary/aromatic N) is 1. The molecule has 1 aromatic carbocycles. The van der Waals surface area contributed by atoms with Crippen LogP contribution in [-0.2, 0) is 0 Å². The third-order valence-corrected chi connectivity index (χ3v) is 3.39. The quantitative estimate of drug-likeness (QED) is 0.864. The van der Waals surface area contributed by atoms with Gasteiger partial charge in [0.2, 0.25) is 0 Å². The molecule has 1 unspecified atom stereocenters. The largest absolute Gasteiger partial charge is 0.378 e. The molecule has 0 spiro atoms. The van der Waals surface area contributed by atoms with E-state index in [1.54, 1.807) is 0 Å². The highest BCUT2D eigenvalue weighted by atomic mass is 35.5. The van der Waals surface area contributed by atoms with Gasteiger partial charge in [0, 0.05) is 37.9 Å². The number of nitrogens with one attached hydrogen (secondary N) is 1. The molecule has 0 aliphatic heterocycles. The number of hydrogen-bond donors (Lipinski definition) is 2. The van der Waals surface area contributed by atoms with Crippen molar-refractivity contribution in [1.29, 1.82) is 0 Å². The summed E-state index contributed by atoms with van der Waals surface area (Å²) in [5.74, 6) is 0.553. The average Bonchev–Trinajstić information content (AvgIpc) is 3.20. The lowest BCUT2D eigenvalue weighted by Crippen LogP contribution is -2.41. The van der Waals surface area contributed by atoms with Crippen LogP contribution in [0.1, 0.15) is 23.2 Å². The van der Waals surface area contributed by atoms with Crippen molar-refractivity contribution < 1.29 is 4.79 Å². The predicted octanol–water partition coefficient (Wildman–Crippen LogP) is 1.64. The van der Waals surface area contributed by atoms with Gasteiger partial charge in [-0.15, -0.1) is 12.4 Å². The van der Waals surface area contributed by atoms with Crippen LogP contribution in [0.5, 0.6) is 0 Å². The minimum absolute atomic E-state index is 0. The van der Waals surface area contributed by atoms with Gasteiger partial charge >= 0.3 is 0 Å². The minimum atomic E-state index is -0.0268. The lowest BCUT2D eigenvalue weighted by molar-refractivity contribution is 0.0933. The first-order valence-corrected chi connectivity index (χ1v) is 6.40. The van der Waals surface area contributed by atoms with Crippen LogP contribution in [0.15, 0.2) is 24.3 Å². The smallest absolute Gasteiger partial charge is 0.251 e. The van der Waals surface area contributed by atoms with Crippen LogP contribution in [0, 0.1) is 5.92 Å². The fourth-order valence-corrected chi connectivity index (χ4v) is 2.04. The van der Waals surface area contributed by atoms with E-state index in [0.29, 0.717) is 18.0 Å². The number of rotatable bonds is 5. The van der Waals surface area contributed by atoms with Gasteiger partial charge < -0.3 is 16.0 Å². The zero-order valence-electron chi connectivity index (χ0n) is 11.4. The number of carbonyl (C=O) groups is 1. The number of hydrogen-bond acceptors (Lipinski definition) is 3. The molecule has 1 aromatic rings. The summed E-state index contributed by atoms with van der Waals surface area (Å²) in [7, 11) is 3.92. The molecule has 1 atom stereocenters. The number of halogens is 1. The van der Waals surface area contributed by atoms with Crippen molar-refractivity contribution in [3.05, 3.63) is 29.8 Å². The number of benzene rings is 1. The molecular formula is C14H22ClN3O. The van der Waals surface area contributed by atoms with Crippen molar-refractivity contribution in [3.8, 4) is 0 Å². The first-order chi connectivity index (χ1) is 8.61. The van der Waals surface area contributed by atoms with Crippen molar-refractivity contribution in [1.82, 2.24) is 5.32 Å². The Morgan fingerprint density at radius 1 is 1.47 bits per heavy atom. The molecule has 0 aromatic heterocycles. The maximum absolute atomic E-state index is 12.1. The normalized spacial score (nSPS) is 15.3. The summed E-state index contributed by atoms with van der Waals surface area (Å²) in [6, 6.07) is 7.75. The summed E-state index contributed by atoms with van der Waals surface area (Å²) in [6.07, 6.45) is 2.36. The summed E-state index contributed by atoms with van der Waals surface area (Å²) < 4.78 is 0. The standard InChI is InChI=1S/C14H21N3O.ClH/c1-17(2)12-5-3-4-11(8-12)14(18)16-13(9-15)10-6-7-10;/h3-5,8,10,13H,6-7,9,15H2,1-2H3,(H,16,18);1H. The molecule has 0 saturated heterocycles. The Labute approximate surface area is 120 Å². The van der Waals surface area contributed by atoms with Crippen LogP contribution in [0.25, 0.3) is 0 Å².